The molecule has 0 aliphatic heterocycles. The maximum atomic E-state index is 13.9. The van der Waals surface area contributed by atoms with Gasteiger partial charge in [0.25, 0.3) is 0 Å². The minimum Gasteiger partial charge on any atom is 3.00 e. The average Bonchev–Trinajstić information content (AvgIpc) is 3.17. The fourth-order valence-electron chi connectivity index (χ4n) is 3.85. The van der Waals surface area contributed by atoms with Gasteiger partial charge in [0.1, 0.15) is 0 Å². The van der Waals surface area contributed by atoms with Gasteiger partial charge >= 0.3 is 144 Å². The molecule has 6 aromatic carbocycles. The molecule has 286 valence electrons. The first-order valence-electron chi connectivity index (χ1n) is 13.9. The summed E-state index contributed by atoms with van der Waals surface area (Å²) in [6, 6.07) is 32.5. The standard InChI is InChI=1S/C18H15AsO.3C6F5.Au/c20-19(16-10-4-1-5-11-16,17-12-6-2-7-13-17)18-14-8-3-9-15-18;3*7-2-1-3(8)5(10)6(11)4(2)9;/h1-15H;;;;/q;3*-1;+3. The van der Waals surface area contributed by atoms with Crippen LogP contribution in [0.4, 0.5) is 65.9 Å². The van der Waals surface area contributed by atoms with Gasteiger partial charge in [-0.1, -0.05) is 0 Å². The minimum atomic E-state index is -3.54. The van der Waals surface area contributed by atoms with Crippen LogP contribution < -0.4 is 13.1 Å². The van der Waals surface area contributed by atoms with Crippen molar-refractivity contribution in [2.45, 2.75) is 0 Å². The van der Waals surface area contributed by atoms with E-state index < -0.39 is 101 Å². The normalized spacial score (nSPS) is 10.4. The van der Waals surface area contributed by atoms with Crippen LogP contribution in [0.25, 0.3) is 0 Å². The van der Waals surface area contributed by atoms with Crippen LogP contribution in [-0.2, 0) is 26.1 Å². The van der Waals surface area contributed by atoms with Gasteiger partial charge in [-0.15, -0.1) is 18.2 Å². The van der Waals surface area contributed by atoms with Crippen LogP contribution in [0.3, 0.4) is 0 Å². The predicted octanol–water partition coefficient (Wildman–Crippen LogP) is 8.63. The average molecular weight is 1020 g/mol. The van der Waals surface area contributed by atoms with Gasteiger partial charge in [0.15, 0.2) is 0 Å². The second-order valence-corrected chi connectivity index (χ2v) is 15.5. The zero-order valence-electron chi connectivity index (χ0n) is 26.0. The second-order valence-electron chi connectivity index (χ2n) is 9.70. The third-order valence-corrected chi connectivity index (χ3v) is 12.8. The molecule has 0 spiro atoms. The van der Waals surface area contributed by atoms with Crippen LogP contribution in [-0.4, -0.2) is 13.5 Å². The molecule has 1 nitrogen and oxygen atoms in total. The van der Waals surface area contributed by atoms with E-state index in [1.54, 1.807) is 0 Å². The number of hydrogen-bond donors (Lipinski definition) is 0. The maximum Gasteiger partial charge on any atom is 3.00 e. The number of benzene rings is 6. The van der Waals surface area contributed by atoms with Crippen LogP contribution >= 0.6 is 0 Å². The summed E-state index contributed by atoms with van der Waals surface area (Å²) in [6.07, 6.45) is 0. The molecule has 6 aromatic rings. The van der Waals surface area contributed by atoms with E-state index in [1.165, 1.54) is 0 Å². The van der Waals surface area contributed by atoms with E-state index in [9.17, 15) is 69.6 Å². The summed E-state index contributed by atoms with van der Waals surface area (Å²) in [6.45, 7) is 0. The van der Waals surface area contributed by atoms with Gasteiger partial charge in [0.2, 0.25) is 0 Å². The summed E-state index contributed by atoms with van der Waals surface area (Å²) in [7, 11) is 0. The van der Waals surface area contributed by atoms with E-state index in [2.05, 4.69) is 0 Å². The Morgan fingerprint density at radius 1 is 0.296 bits per heavy atom. The topological polar surface area (TPSA) is 17.1 Å². The third kappa shape index (κ3) is 10.7. The molecule has 0 atom stereocenters. The molecule has 0 N–H and O–H groups in total. The minimum absolute atomic E-state index is 0. The second kappa shape index (κ2) is 20.2. The van der Waals surface area contributed by atoms with Crippen LogP contribution in [0.5, 0.6) is 0 Å². The summed E-state index contributed by atoms with van der Waals surface area (Å²) >= 11 is -3.54. The van der Waals surface area contributed by atoms with Gasteiger partial charge in [0, 0.05) is 0 Å². The van der Waals surface area contributed by atoms with Crippen molar-refractivity contribution in [3.05, 3.63) is 196 Å². The first-order chi connectivity index (χ1) is 24.9. The van der Waals surface area contributed by atoms with Crippen molar-refractivity contribution in [3.8, 4) is 0 Å². The molecule has 0 saturated heterocycles. The van der Waals surface area contributed by atoms with Gasteiger partial charge < -0.3 is 0 Å². The first-order valence-corrected chi connectivity index (χ1v) is 17.5. The zero-order valence-corrected chi connectivity index (χ0v) is 30.0. The monoisotopic (exact) mass is 1020 g/mol. The quantitative estimate of drug-likeness (QED) is 0.0571. The Balaban J connectivity index is 0.000000259. The van der Waals surface area contributed by atoms with Crippen LogP contribution in [0, 0.1) is 105 Å². The molecule has 0 unspecified atom stereocenters. The number of hydrogen-bond acceptors (Lipinski definition) is 1. The Hall–Kier alpha value is -4.63. The molecule has 6 rings (SSSR count). The number of rotatable bonds is 3. The molecule has 0 saturated carbocycles. The molecule has 0 aromatic heterocycles. The third-order valence-electron chi connectivity index (χ3n) is 6.33. The van der Waals surface area contributed by atoms with Crippen molar-refractivity contribution in [1.29, 1.82) is 0 Å². The fourth-order valence-corrected chi connectivity index (χ4v) is 9.45. The first kappa shape index (κ1) is 45.5. The summed E-state index contributed by atoms with van der Waals surface area (Å²) in [4.78, 5) is 0. The molecule has 0 bridgehead atoms. The van der Waals surface area contributed by atoms with Gasteiger partial charge in [-0.2, -0.15) is 0 Å². The molecule has 54 heavy (non-hydrogen) atoms. The fraction of sp³-hybridized carbons (Fsp3) is 0. The summed E-state index contributed by atoms with van der Waals surface area (Å²) < 4.78 is 196. The Kier molecular flexibility index (Phi) is 17.0. The van der Waals surface area contributed by atoms with Crippen molar-refractivity contribution >= 4 is 26.5 Å². The Labute approximate surface area is 313 Å². The molecule has 0 amide bonds. The molecular weight excluding hydrogens is 1010 g/mol. The molecule has 0 aliphatic rings. The molecule has 18 heteroatoms. The smallest absolute Gasteiger partial charge is 3.00 e. The van der Waals surface area contributed by atoms with Crippen molar-refractivity contribution in [1.82, 2.24) is 0 Å². The summed E-state index contributed by atoms with van der Waals surface area (Å²) in [5.41, 5.74) is 0. The van der Waals surface area contributed by atoms with Crippen LogP contribution in [0.1, 0.15) is 0 Å². The van der Waals surface area contributed by atoms with E-state index in [1.807, 2.05) is 91.0 Å². The van der Waals surface area contributed by atoms with Crippen LogP contribution in [0.2, 0.25) is 0 Å². The van der Waals surface area contributed by atoms with E-state index in [0.717, 1.165) is 31.3 Å². The molecule has 0 fully saturated rings. The Bertz CT molecular complexity index is 1900. The van der Waals surface area contributed by atoms with E-state index in [4.69, 9.17) is 0 Å². The molecule has 0 aliphatic carbocycles. The largest absolute Gasteiger partial charge is 3.00 e. The van der Waals surface area contributed by atoms with Crippen molar-refractivity contribution in [3.63, 3.8) is 0 Å². The molecule has 0 radical (unpaired) electrons. The number of halogens is 15. The molecule has 0 heterocycles. The van der Waals surface area contributed by atoms with E-state index in [0.29, 0.717) is 0 Å². The zero-order chi connectivity index (χ0) is 39.6. The maximum absolute atomic E-state index is 13.9. The molecular formula is C36H15AsAuF15O. The van der Waals surface area contributed by atoms with Crippen molar-refractivity contribution in [2.75, 3.05) is 0 Å². The Morgan fingerprint density at radius 2 is 0.463 bits per heavy atom. The van der Waals surface area contributed by atoms with Gasteiger partial charge in [0.05, 0.1) is 87.3 Å². The SMILES string of the molecule is Fc1[c-]c(F)c(F)c(F)c1F.Fc1[c-]c(F)c(F)c(F)c1F.Fc1[c-]c(F)c(F)c(F)c1F.O=[As](c1ccccc1)(c1ccccc1)c1ccccc1.[Au+3]. The van der Waals surface area contributed by atoms with Gasteiger partial charge in [-0.25, -0.2) is 39.5 Å². The summed E-state index contributed by atoms with van der Waals surface area (Å²) in [5, 5.41) is 0. The Morgan fingerprint density at radius 3 is 0.630 bits per heavy atom. The predicted molar refractivity (Wildman–Crippen MR) is 160 cm³/mol. The van der Waals surface area contributed by atoms with Gasteiger partial charge in [-0.05, 0) is 0 Å². The summed E-state index contributed by atoms with van der Waals surface area (Å²) in [5.74, 6) is -30.1. The van der Waals surface area contributed by atoms with Crippen molar-refractivity contribution in [2.24, 2.45) is 0 Å². The van der Waals surface area contributed by atoms with E-state index >= 15 is 0 Å². The van der Waals surface area contributed by atoms with Crippen molar-refractivity contribution < 1.29 is 92.0 Å². The van der Waals surface area contributed by atoms with E-state index in [-0.39, 0.29) is 22.4 Å². The van der Waals surface area contributed by atoms with Gasteiger partial charge in [-0.3, -0.25) is 26.3 Å². The van der Waals surface area contributed by atoms with Crippen LogP contribution in [0.15, 0.2) is 91.0 Å².